The van der Waals surface area contributed by atoms with Crippen molar-refractivity contribution in [3.05, 3.63) is 59.3 Å². The van der Waals surface area contributed by atoms with Crippen LogP contribution in [-0.2, 0) is 0 Å². The normalized spacial score (nSPS) is 11.8. The molecule has 2 aromatic rings. The Balaban J connectivity index is 2.00. The van der Waals surface area contributed by atoms with Crippen LogP contribution in [-0.4, -0.2) is 24.5 Å². The fraction of sp³-hybridized carbons (Fsp3) is 0.294. The monoisotopic (exact) mass is 283 g/mol. The second kappa shape index (κ2) is 6.88. The second-order valence-electron chi connectivity index (χ2n) is 5.15. The van der Waals surface area contributed by atoms with E-state index in [2.05, 4.69) is 34.7 Å². The number of aryl methyl sites for hydroxylation is 1. The molecule has 0 saturated carbocycles. The number of pyridine rings is 1. The number of rotatable bonds is 5. The molecule has 0 aliphatic carbocycles. The molecule has 1 unspecified atom stereocenters. The maximum absolute atomic E-state index is 12.2. The number of carbonyl (C=O) groups is 1. The van der Waals surface area contributed by atoms with E-state index in [1.54, 1.807) is 19.2 Å². The van der Waals surface area contributed by atoms with Gasteiger partial charge >= 0.3 is 0 Å². The first-order chi connectivity index (χ1) is 10.1. The highest BCUT2D eigenvalue weighted by Crippen LogP contribution is 2.14. The number of anilines is 1. The third-order valence-corrected chi connectivity index (χ3v) is 3.41. The van der Waals surface area contributed by atoms with Crippen LogP contribution in [0, 0.1) is 6.92 Å². The molecule has 4 nitrogen and oxygen atoms in total. The highest BCUT2D eigenvalue weighted by Gasteiger charge is 2.10. The van der Waals surface area contributed by atoms with Crippen LogP contribution in [0.5, 0.6) is 0 Å². The van der Waals surface area contributed by atoms with Gasteiger partial charge in [0.2, 0.25) is 0 Å². The summed E-state index contributed by atoms with van der Waals surface area (Å²) in [6.07, 6.45) is 0. The van der Waals surface area contributed by atoms with E-state index in [0.29, 0.717) is 17.9 Å². The van der Waals surface area contributed by atoms with Crippen molar-refractivity contribution in [2.45, 2.75) is 19.8 Å². The Morgan fingerprint density at radius 3 is 2.62 bits per heavy atom. The molecule has 0 bridgehead atoms. The van der Waals surface area contributed by atoms with Crippen molar-refractivity contribution in [2.75, 3.05) is 18.9 Å². The maximum atomic E-state index is 12.2. The molecule has 0 spiro atoms. The van der Waals surface area contributed by atoms with Gasteiger partial charge < -0.3 is 10.6 Å². The van der Waals surface area contributed by atoms with Crippen LogP contribution in [0.3, 0.4) is 0 Å². The van der Waals surface area contributed by atoms with Gasteiger partial charge in [0.1, 0.15) is 5.82 Å². The summed E-state index contributed by atoms with van der Waals surface area (Å²) in [4.78, 5) is 16.5. The average Bonchev–Trinajstić information content (AvgIpc) is 2.52. The molecular weight excluding hydrogens is 262 g/mol. The van der Waals surface area contributed by atoms with E-state index >= 15 is 0 Å². The molecule has 4 heteroatoms. The first-order valence-corrected chi connectivity index (χ1v) is 7.09. The molecule has 0 aliphatic heterocycles. The minimum atomic E-state index is -0.0696. The summed E-state index contributed by atoms with van der Waals surface area (Å²) < 4.78 is 0. The zero-order valence-corrected chi connectivity index (χ0v) is 12.7. The molecule has 2 N–H and O–H groups in total. The molecule has 1 aromatic heterocycles. The van der Waals surface area contributed by atoms with Crippen molar-refractivity contribution < 1.29 is 4.79 Å². The van der Waals surface area contributed by atoms with E-state index in [4.69, 9.17) is 0 Å². The van der Waals surface area contributed by atoms with Gasteiger partial charge in [-0.1, -0.05) is 37.3 Å². The van der Waals surface area contributed by atoms with Gasteiger partial charge in [-0.05, 0) is 30.5 Å². The van der Waals surface area contributed by atoms with Gasteiger partial charge in [-0.25, -0.2) is 4.98 Å². The topological polar surface area (TPSA) is 54.0 Å². The van der Waals surface area contributed by atoms with Crippen molar-refractivity contribution in [2.24, 2.45) is 0 Å². The van der Waals surface area contributed by atoms with E-state index in [-0.39, 0.29) is 11.8 Å². The molecule has 1 heterocycles. The number of aromatic nitrogens is 1. The number of amides is 1. The van der Waals surface area contributed by atoms with Crippen molar-refractivity contribution in [1.29, 1.82) is 0 Å². The Bertz CT molecular complexity index is 611. The second-order valence-corrected chi connectivity index (χ2v) is 5.15. The Labute approximate surface area is 125 Å². The van der Waals surface area contributed by atoms with Gasteiger partial charge in [0, 0.05) is 24.8 Å². The molecule has 0 saturated heterocycles. The predicted octanol–water partition coefficient (Wildman–Crippen LogP) is 2.97. The first-order valence-electron chi connectivity index (χ1n) is 7.09. The fourth-order valence-electron chi connectivity index (χ4n) is 2.17. The lowest BCUT2D eigenvalue weighted by Gasteiger charge is -2.13. The highest BCUT2D eigenvalue weighted by molar-refractivity contribution is 5.95. The molecule has 110 valence electrons. The fourth-order valence-corrected chi connectivity index (χ4v) is 2.17. The van der Waals surface area contributed by atoms with E-state index in [1.807, 2.05) is 25.1 Å². The number of hydrogen-bond donors (Lipinski definition) is 2. The SMILES string of the molecule is CNc1cc(C(=O)NCC(C)c2ccccc2)cc(C)n1. The van der Waals surface area contributed by atoms with Gasteiger partial charge in [0.05, 0.1) is 0 Å². The van der Waals surface area contributed by atoms with E-state index in [1.165, 1.54) is 5.56 Å². The minimum Gasteiger partial charge on any atom is -0.373 e. The average molecular weight is 283 g/mol. The Kier molecular flexibility index (Phi) is 4.93. The third-order valence-electron chi connectivity index (χ3n) is 3.41. The summed E-state index contributed by atoms with van der Waals surface area (Å²) >= 11 is 0. The van der Waals surface area contributed by atoms with Crippen LogP contribution in [0.2, 0.25) is 0 Å². The zero-order chi connectivity index (χ0) is 15.2. The predicted molar refractivity (Wildman–Crippen MR) is 85.7 cm³/mol. The third kappa shape index (κ3) is 4.05. The lowest BCUT2D eigenvalue weighted by molar-refractivity contribution is 0.0951. The highest BCUT2D eigenvalue weighted by atomic mass is 16.1. The quantitative estimate of drug-likeness (QED) is 0.887. The summed E-state index contributed by atoms with van der Waals surface area (Å²) in [7, 11) is 1.79. The molecule has 0 radical (unpaired) electrons. The standard InChI is InChI=1S/C17H21N3O/c1-12(14-7-5-4-6-8-14)11-19-17(21)15-9-13(2)20-16(10-15)18-3/h4-10,12H,11H2,1-3H3,(H,18,20)(H,19,21). The Hall–Kier alpha value is -2.36. The summed E-state index contributed by atoms with van der Waals surface area (Å²) in [5.74, 6) is 0.915. The number of benzene rings is 1. The number of nitrogens with zero attached hydrogens (tertiary/aromatic N) is 1. The van der Waals surface area contributed by atoms with E-state index in [0.717, 1.165) is 5.69 Å². The van der Waals surface area contributed by atoms with Crippen LogP contribution < -0.4 is 10.6 Å². The van der Waals surface area contributed by atoms with E-state index < -0.39 is 0 Å². The van der Waals surface area contributed by atoms with Gasteiger partial charge in [-0.3, -0.25) is 4.79 Å². The van der Waals surface area contributed by atoms with Crippen molar-refractivity contribution in [1.82, 2.24) is 10.3 Å². The van der Waals surface area contributed by atoms with Crippen LogP contribution in [0.15, 0.2) is 42.5 Å². The molecule has 21 heavy (non-hydrogen) atoms. The Morgan fingerprint density at radius 1 is 1.24 bits per heavy atom. The maximum Gasteiger partial charge on any atom is 0.251 e. The first kappa shape index (κ1) is 15.0. The lowest BCUT2D eigenvalue weighted by atomic mass is 10.0. The lowest BCUT2D eigenvalue weighted by Crippen LogP contribution is -2.27. The van der Waals surface area contributed by atoms with Crippen LogP contribution in [0.1, 0.15) is 34.5 Å². The molecule has 1 amide bonds. The summed E-state index contributed by atoms with van der Waals surface area (Å²) in [5.41, 5.74) is 2.68. The zero-order valence-electron chi connectivity index (χ0n) is 12.7. The summed E-state index contributed by atoms with van der Waals surface area (Å²) in [5, 5.41) is 5.94. The van der Waals surface area contributed by atoms with Crippen molar-refractivity contribution in [3.8, 4) is 0 Å². The Morgan fingerprint density at radius 2 is 1.95 bits per heavy atom. The summed E-state index contributed by atoms with van der Waals surface area (Å²) in [6.45, 7) is 4.59. The van der Waals surface area contributed by atoms with Gasteiger partial charge in [0.25, 0.3) is 5.91 Å². The number of hydrogen-bond acceptors (Lipinski definition) is 3. The smallest absolute Gasteiger partial charge is 0.251 e. The minimum absolute atomic E-state index is 0.0696. The molecule has 1 aromatic carbocycles. The number of nitrogens with one attached hydrogen (secondary N) is 2. The van der Waals surface area contributed by atoms with Crippen molar-refractivity contribution >= 4 is 11.7 Å². The largest absolute Gasteiger partial charge is 0.373 e. The molecule has 0 aliphatic rings. The molecular formula is C17H21N3O. The van der Waals surface area contributed by atoms with Crippen LogP contribution in [0.25, 0.3) is 0 Å². The van der Waals surface area contributed by atoms with Gasteiger partial charge in [-0.15, -0.1) is 0 Å². The van der Waals surface area contributed by atoms with Gasteiger partial charge in [-0.2, -0.15) is 0 Å². The summed E-state index contributed by atoms with van der Waals surface area (Å²) in [6, 6.07) is 13.7. The number of carbonyl (C=O) groups excluding carboxylic acids is 1. The van der Waals surface area contributed by atoms with Crippen LogP contribution in [0.4, 0.5) is 5.82 Å². The van der Waals surface area contributed by atoms with Crippen LogP contribution >= 0.6 is 0 Å². The molecule has 0 fully saturated rings. The van der Waals surface area contributed by atoms with E-state index in [9.17, 15) is 4.79 Å². The van der Waals surface area contributed by atoms with Gasteiger partial charge in [0.15, 0.2) is 0 Å². The molecule has 1 atom stereocenters. The van der Waals surface area contributed by atoms with Crippen molar-refractivity contribution in [3.63, 3.8) is 0 Å². The molecule has 2 rings (SSSR count).